The highest BCUT2D eigenvalue weighted by Gasteiger charge is 2.37. The van der Waals surface area contributed by atoms with E-state index in [1.807, 2.05) is 0 Å². The first kappa shape index (κ1) is 14.4. The van der Waals surface area contributed by atoms with E-state index in [1.165, 1.54) is 11.3 Å². The molecule has 0 aromatic carbocycles. The van der Waals surface area contributed by atoms with Gasteiger partial charge in [-0.2, -0.15) is 13.2 Å². The van der Waals surface area contributed by atoms with Gasteiger partial charge in [-0.1, -0.05) is 0 Å². The van der Waals surface area contributed by atoms with Crippen molar-refractivity contribution in [2.75, 3.05) is 0 Å². The molecule has 0 bridgehead atoms. The first-order valence-electron chi connectivity index (χ1n) is 7.01. The summed E-state index contributed by atoms with van der Waals surface area (Å²) in [7, 11) is 0. The molecule has 9 heteroatoms. The number of H-pyrrole nitrogens is 1. The van der Waals surface area contributed by atoms with E-state index in [0.717, 1.165) is 42.4 Å². The van der Waals surface area contributed by atoms with Crippen LogP contribution in [0.25, 0.3) is 21.7 Å². The van der Waals surface area contributed by atoms with Crippen molar-refractivity contribution in [3.63, 3.8) is 0 Å². The molecule has 120 valence electrons. The predicted molar refractivity (Wildman–Crippen MR) is 77.4 cm³/mol. The summed E-state index contributed by atoms with van der Waals surface area (Å²) in [5.41, 5.74) is 0.538. The van der Waals surface area contributed by atoms with Crippen molar-refractivity contribution in [1.29, 1.82) is 0 Å². The van der Waals surface area contributed by atoms with Gasteiger partial charge in [0.15, 0.2) is 5.82 Å². The summed E-state index contributed by atoms with van der Waals surface area (Å²) >= 11 is 1.42. The van der Waals surface area contributed by atoms with E-state index in [4.69, 9.17) is 0 Å². The highest BCUT2D eigenvalue weighted by Crippen LogP contribution is 2.34. The Morgan fingerprint density at radius 2 is 2.00 bits per heavy atom. The average Bonchev–Trinajstić information content (AvgIpc) is 3.11. The van der Waals surface area contributed by atoms with Gasteiger partial charge in [-0.15, -0.1) is 11.3 Å². The summed E-state index contributed by atoms with van der Waals surface area (Å²) in [6.07, 6.45) is 0.0150. The highest BCUT2D eigenvalue weighted by molar-refractivity contribution is 7.18. The molecule has 0 saturated heterocycles. The van der Waals surface area contributed by atoms with Crippen molar-refractivity contribution in [3.8, 4) is 11.5 Å². The average molecular weight is 341 g/mol. The van der Waals surface area contributed by atoms with Crippen molar-refractivity contribution in [3.05, 3.63) is 32.9 Å². The van der Waals surface area contributed by atoms with Gasteiger partial charge in [-0.3, -0.25) is 4.79 Å². The molecular formula is C14H10F3N3O2S. The van der Waals surface area contributed by atoms with Gasteiger partial charge in [-0.25, -0.2) is 9.97 Å². The van der Waals surface area contributed by atoms with E-state index >= 15 is 0 Å². The number of oxazole rings is 1. The Kier molecular flexibility index (Phi) is 3.09. The number of thiophene rings is 1. The Morgan fingerprint density at radius 3 is 2.74 bits per heavy atom. The number of rotatable bonds is 1. The predicted octanol–water partition coefficient (Wildman–Crippen LogP) is 3.54. The van der Waals surface area contributed by atoms with Crippen molar-refractivity contribution in [2.45, 2.75) is 31.9 Å². The lowest BCUT2D eigenvalue weighted by Gasteiger charge is -2.09. The van der Waals surface area contributed by atoms with Gasteiger partial charge in [0.2, 0.25) is 0 Å². The number of aromatic nitrogens is 3. The molecule has 23 heavy (non-hydrogen) atoms. The molecule has 1 aliphatic rings. The zero-order valence-corrected chi connectivity index (χ0v) is 12.5. The Hall–Kier alpha value is -2.16. The van der Waals surface area contributed by atoms with Crippen LogP contribution in [-0.2, 0) is 19.0 Å². The highest BCUT2D eigenvalue weighted by atomic mass is 32.1. The van der Waals surface area contributed by atoms with Gasteiger partial charge in [0.25, 0.3) is 5.56 Å². The van der Waals surface area contributed by atoms with Gasteiger partial charge < -0.3 is 9.40 Å². The number of aryl methyl sites for hydroxylation is 2. The number of nitrogens with zero attached hydrogens (tertiary/aromatic N) is 2. The minimum absolute atomic E-state index is 0.0136. The summed E-state index contributed by atoms with van der Waals surface area (Å²) in [6, 6.07) is 0. The number of alkyl halides is 3. The van der Waals surface area contributed by atoms with Crippen LogP contribution in [0.4, 0.5) is 13.2 Å². The largest absolute Gasteiger partial charge is 0.468 e. The molecule has 3 heterocycles. The molecule has 3 aromatic rings. The van der Waals surface area contributed by atoms with E-state index in [2.05, 4.69) is 19.4 Å². The summed E-state index contributed by atoms with van der Waals surface area (Å²) in [4.78, 5) is 24.2. The topological polar surface area (TPSA) is 71.8 Å². The summed E-state index contributed by atoms with van der Waals surface area (Å²) in [5, 5.41) is 0.549. The SMILES string of the molecule is O=c1[nH]c(-c2coc(C(F)(F)F)n2)nc2sc3c(c12)CCCC3. The number of hydrogen-bond donors (Lipinski definition) is 1. The second kappa shape index (κ2) is 4.92. The fraction of sp³-hybridized carbons (Fsp3) is 0.357. The summed E-state index contributed by atoms with van der Waals surface area (Å²) in [5.74, 6) is -1.37. The fourth-order valence-corrected chi connectivity index (χ4v) is 4.06. The third-order valence-corrected chi connectivity index (χ3v) is 5.00. The van der Waals surface area contributed by atoms with Gasteiger partial charge >= 0.3 is 12.1 Å². The molecular weight excluding hydrogens is 331 g/mol. The summed E-state index contributed by atoms with van der Waals surface area (Å²) < 4.78 is 42.1. The quantitative estimate of drug-likeness (QED) is 0.735. The molecule has 0 saturated carbocycles. The van der Waals surface area contributed by atoms with Crippen LogP contribution in [-0.4, -0.2) is 15.0 Å². The molecule has 0 unspecified atom stereocenters. The normalized spacial score (nSPS) is 15.1. The minimum atomic E-state index is -4.68. The van der Waals surface area contributed by atoms with E-state index in [9.17, 15) is 18.0 Å². The van der Waals surface area contributed by atoms with Crippen LogP contribution in [0.3, 0.4) is 0 Å². The van der Waals surface area contributed by atoms with Crippen LogP contribution in [0.1, 0.15) is 29.2 Å². The molecule has 0 fully saturated rings. The third-order valence-electron chi connectivity index (χ3n) is 3.81. The Bertz CT molecular complexity index is 954. The Balaban J connectivity index is 1.86. The van der Waals surface area contributed by atoms with Gasteiger partial charge in [0, 0.05) is 4.88 Å². The number of halogens is 3. The van der Waals surface area contributed by atoms with Gasteiger partial charge in [0.1, 0.15) is 16.8 Å². The first-order chi connectivity index (χ1) is 10.9. The zero-order chi connectivity index (χ0) is 16.2. The van der Waals surface area contributed by atoms with E-state index in [1.54, 1.807) is 0 Å². The smallest absolute Gasteiger partial charge is 0.441 e. The monoisotopic (exact) mass is 341 g/mol. The standard InChI is InChI=1S/C14H10F3N3O2S/c15-14(16,17)13-18-7(5-22-13)10-19-11(21)9-6-3-1-2-4-8(6)23-12(9)20-10/h5H,1-4H2,(H,19,20,21). The molecule has 0 spiro atoms. The Morgan fingerprint density at radius 1 is 1.22 bits per heavy atom. The second-order valence-corrected chi connectivity index (χ2v) is 6.42. The molecule has 0 aliphatic heterocycles. The lowest BCUT2D eigenvalue weighted by molar-refractivity contribution is -0.157. The Labute approximate surface area is 131 Å². The first-order valence-corrected chi connectivity index (χ1v) is 7.83. The number of nitrogens with one attached hydrogen (secondary N) is 1. The molecule has 1 N–H and O–H groups in total. The molecule has 3 aromatic heterocycles. The van der Waals surface area contributed by atoms with Crippen molar-refractivity contribution in [1.82, 2.24) is 15.0 Å². The number of fused-ring (bicyclic) bond motifs is 3. The van der Waals surface area contributed by atoms with Crippen LogP contribution in [0.5, 0.6) is 0 Å². The van der Waals surface area contributed by atoms with Crippen molar-refractivity contribution >= 4 is 21.6 Å². The van der Waals surface area contributed by atoms with E-state index < -0.39 is 12.1 Å². The maximum absolute atomic E-state index is 12.6. The molecule has 0 atom stereocenters. The number of hydrogen-bond acceptors (Lipinski definition) is 5. The third kappa shape index (κ3) is 2.35. The minimum Gasteiger partial charge on any atom is -0.441 e. The van der Waals surface area contributed by atoms with Crippen LogP contribution >= 0.6 is 11.3 Å². The summed E-state index contributed by atoms with van der Waals surface area (Å²) in [6.45, 7) is 0. The second-order valence-electron chi connectivity index (χ2n) is 5.34. The fourth-order valence-electron chi connectivity index (χ4n) is 2.80. The molecule has 0 amide bonds. The molecule has 0 radical (unpaired) electrons. The van der Waals surface area contributed by atoms with Gasteiger partial charge in [-0.05, 0) is 31.2 Å². The van der Waals surface area contributed by atoms with Gasteiger partial charge in [0.05, 0.1) is 5.39 Å². The molecule has 1 aliphatic carbocycles. The van der Waals surface area contributed by atoms with Crippen molar-refractivity contribution in [2.24, 2.45) is 0 Å². The van der Waals surface area contributed by atoms with Crippen LogP contribution < -0.4 is 5.56 Å². The maximum Gasteiger partial charge on any atom is 0.468 e. The zero-order valence-electron chi connectivity index (χ0n) is 11.7. The lowest BCUT2D eigenvalue weighted by atomic mass is 9.97. The van der Waals surface area contributed by atoms with E-state index in [0.29, 0.717) is 10.2 Å². The number of aromatic amines is 1. The van der Waals surface area contributed by atoms with Crippen LogP contribution in [0.2, 0.25) is 0 Å². The van der Waals surface area contributed by atoms with Crippen LogP contribution in [0, 0.1) is 0 Å². The van der Waals surface area contributed by atoms with Crippen molar-refractivity contribution < 1.29 is 17.6 Å². The maximum atomic E-state index is 12.6. The molecule has 4 rings (SSSR count). The molecule has 5 nitrogen and oxygen atoms in total. The van der Waals surface area contributed by atoms with E-state index in [-0.39, 0.29) is 17.1 Å². The van der Waals surface area contributed by atoms with Crippen LogP contribution in [0.15, 0.2) is 15.5 Å². The lowest BCUT2D eigenvalue weighted by Crippen LogP contribution is -2.11.